The number of ether oxygens (including phenoxy) is 1. The van der Waals surface area contributed by atoms with Crippen LogP contribution >= 0.6 is 0 Å². The summed E-state index contributed by atoms with van der Waals surface area (Å²) in [6, 6.07) is -0.0936. The molecule has 0 amide bonds. The molecule has 15 heavy (non-hydrogen) atoms. The Labute approximate surface area is 92.2 Å². The molecule has 1 aliphatic heterocycles. The third-order valence-electron chi connectivity index (χ3n) is 3.03. The number of hydrogen-bond acceptors (Lipinski definition) is 4. The lowest BCUT2D eigenvalue weighted by Gasteiger charge is -2.36. The molecule has 0 unspecified atom stereocenters. The number of rotatable bonds is 4. The molecule has 1 fully saturated rings. The van der Waals surface area contributed by atoms with Crippen molar-refractivity contribution in [3.63, 3.8) is 0 Å². The highest BCUT2D eigenvalue weighted by molar-refractivity contribution is 5.75. The first-order chi connectivity index (χ1) is 7.19. The molecule has 1 saturated heterocycles. The fourth-order valence-corrected chi connectivity index (χ4v) is 1.88. The zero-order valence-electron chi connectivity index (χ0n) is 10.0. The number of hydrogen-bond donors (Lipinski definition) is 0. The summed E-state index contributed by atoms with van der Waals surface area (Å²) < 4.78 is 5.02. The molecule has 0 bridgehead atoms. The number of piperazine rings is 1. The lowest BCUT2D eigenvalue weighted by atomic mass is 10.2. The van der Waals surface area contributed by atoms with Crippen LogP contribution in [0.2, 0.25) is 0 Å². The van der Waals surface area contributed by atoms with Gasteiger partial charge in [0.2, 0.25) is 0 Å². The van der Waals surface area contributed by atoms with E-state index in [0.29, 0.717) is 6.61 Å². The van der Waals surface area contributed by atoms with Gasteiger partial charge in [0.1, 0.15) is 6.04 Å². The molecule has 1 aliphatic rings. The van der Waals surface area contributed by atoms with Gasteiger partial charge in [0.15, 0.2) is 0 Å². The molecule has 0 radical (unpaired) electrons. The van der Waals surface area contributed by atoms with Gasteiger partial charge in [-0.1, -0.05) is 6.92 Å². The van der Waals surface area contributed by atoms with Crippen LogP contribution in [0.15, 0.2) is 0 Å². The fourth-order valence-electron chi connectivity index (χ4n) is 1.88. The monoisotopic (exact) mass is 214 g/mol. The van der Waals surface area contributed by atoms with Crippen LogP contribution in [-0.4, -0.2) is 61.1 Å². The lowest BCUT2D eigenvalue weighted by molar-refractivity contribution is -0.149. The second-order valence-corrected chi connectivity index (χ2v) is 3.90. The Morgan fingerprint density at radius 1 is 1.27 bits per heavy atom. The summed E-state index contributed by atoms with van der Waals surface area (Å²) in [5, 5.41) is 0. The first kappa shape index (κ1) is 12.5. The number of likely N-dealkylation sites (N-methyl/N-ethyl adjacent to an activating group) is 1. The van der Waals surface area contributed by atoms with Gasteiger partial charge in [-0.15, -0.1) is 0 Å². The maximum Gasteiger partial charge on any atom is 0.323 e. The minimum Gasteiger partial charge on any atom is -0.465 e. The molecule has 0 aliphatic carbocycles. The van der Waals surface area contributed by atoms with Gasteiger partial charge in [0.25, 0.3) is 0 Å². The van der Waals surface area contributed by atoms with Crippen LogP contribution in [0, 0.1) is 0 Å². The first-order valence-electron chi connectivity index (χ1n) is 5.82. The van der Waals surface area contributed by atoms with E-state index < -0.39 is 0 Å². The number of carbonyl (C=O) groups excluding carboxylic acids is 1. The molecule has 1 heterocycles. The summed E-state index contributed by atoms with van der Waals surface area (Å²) in [6.45, 7) is 11.6. The standard InChI is InChI=1S/C11H22N2O2/c1-4-12-6-8-13(9-7-12)10(3)11(14)15-5-2/h10H,4-9H2,1-3H3/t10-/m0/s1. The number of nitrogens with zero attached hydrogens (tertiary/aromatic N) is 2. The van der Waals surface area contributed by atoms with E-state index >= 15 is 0 Å². The lowest BCUT2D eigenvalue weighted by Crippen LogP contribution is -2.51. The second kappa shape index (κ2) is 6.08. The van der Waals surface area contributed by atoms with Crippen LogP contribution in [0.4, 0.5) is 0 Å². The van der Waals surface area contributed by atoms with Gasteiger partial charge in [0.05, 0.1) is 6.61 Å². The Bertz CT molecular complexity index is 201. The van der Waals surface area contributed by atoms with Gasteiger partial charge in [-0.2, -0.15) is 0 Å². The molecular weight excluding hydrogens is 192 g/mol. The van der Waals surface area contributed by atoms with Crippen molar-refractivity contribution < 1.29 is 9.53 Å². The van der Waals surface area contributed by atoms with Crippen LogP contribution in [-0.2, 0) is 9.53 Å². The zero-order valence-corrected chi connectivity index (χ0v) is 10.0. The van der Waals surface area contributed by atoms with E-state index in [1.807, 2.05) is 13.8 Å². The van der Waals surface area contributed by atoms with Gasteiger partial charge in [-0.05, 0) is 20.4 Å². The van der Waals surface area contributed by atoms with Crippen molar-refractivity contribution in [1.29, 1.82) is 0 Å². The minimum atomic E-state index is -0.0950. The van der Waals surface area contributed by atoms with Crippen molar-refractivity contribution in [3.8, 4) is 0 Å². The topological polar surface area (TPSA) is 32.8 Å². The molecule has 1 atom stereocenters. The van der Waals surface area contributed by atoms with Crippen LogP contribution in [0.1, 0.15) is 20.8 Å². The highest BCUT2D eigenvalue weighted by Gasteiger charge is 2.25. The van der Waals surface area contributed by atoms with E-state index in [-0.39, 0.29) is 12.0 Å². The molecule has 0 aromatic heterocycles. The average Bonchev–Trinajstić information content (AvgIpc) is 2.28. The number of carbonyl (C=O) groups is 1. The molecule has 88 valence electrons. The van der Waals surface area contributed by atoms with Crippen LogP contribution in [0.3, 0.4) is 0 Å². The number of esters is 1. The molecular formula is C11H22N2O2. The summed E-state index contributed by atoms with van der Waals surface area (Å²) in [5.41, 5.74) is 0. The summed E-state index contributed by atoms with van der Waals surface area (Å²) >= 11 is 0. The van der Waals surface area contributed by atoms with E-state index in [9.17, 15) is 4.79 Å². The largest absolute Gasteiger partial charge is 0.465 e. The highest BCUT2D eigenvalue weighted by Crippen LogP contribution is 2.07. The summed E-state index contributed by atoms with van der Waals surface area (Å²) in [6.07, 6.45) is 0. The van der Waals surface area contributed by atoms with Crippen molar-refractivity contribution in [2.24, 2.45) is 0 Å². The SMILES string of the molecule is CCOC(=O)[C@H](C)N1CCN(CC)CC1. The average molecular weight is 214 g/mol. The van der Waals surface area contributed by atoms with Gasteiger partial charge < -0.3 is 9.64 Å². The van der Waals surface area contributed by atoms with Crippen LogP contribution in [0.25, 0.3) is 0 Å². The molecule has 1 rings (SSSR count). The Balaban J connectivity index is 2.35. The van der Waals surface area contributed by atoms with E-state index in [1.165, 1.54) is 0 Å². The summed E-state index contributed by atoms with van der Waals surface area (Å²) in [4.78, 5) is 16.1. The Morgan fingerprint density at radius 3 is 2.33 bits per heavy atom. The molecule has 0 aromatic rings. The van der Waals surface area contributed by atoms with Crippen molar-refractivity contribution in [1.82, 2.24) is 9.80 Å². The Hall–Kier alpha value is -0.610. The fraction of sp³-hybridized carbons (Fsp3) is 0.909. The third kappa shape index (κ3) is 3.47. The van der Waals surface area contributed by atoms with E-state index in [2.05, 4.69) is 16.7 Å². The van der Waals surface area contributed by atoms with Gasteiger partial charge in [-0.3, -0.25) is 9.69 Å². The highest BCUT2D eigenvalue weighted by atomic mass is 16.5. The van der Waals surface area contributed by atoms with Gasteiger partial charge >= 0.3 is 5.97 Å². The van der Waals surface area contributed by atoms with Gasteiger partial charge in [0, 0.05) is 26.2 Å². The van der Waals surface area contributed by atoms with Crippen molar-refractivity contribution >= 4 is 5.97 Å². The maximum absolute atomic E-state index is 11.5. The zero-order chi connectivity index (χ0) is 11.3. The normalized spacial score (nSPS) is 21.3. The first-order valence-corrected chi connectivity index (χ1v) is 5.82. The maximum atomic E-state index is 11.5. The van der Waals surface area contributed by atoms with Crippen molar-refractivity contribution in [3.05, 3.63) is 0 Å². The van der Waals surface area contributed by atoms with Crippen molar-refractivity contribution in [2.45, 2.75) is 26.8 Å². The molecule has 0 saturated carbocycles. The second-order valence-electron chi connectivity index (χ2n) is 3.90. The van der Waals surface area contributed by atoms with Crippen molar-refractivity contribution in [2.75, 3.05) is 39.3 Å². The molecule has 0 aromatic carbocycles. The Kier molecular flexibility index (Phi) is 5.05. The summed E-state index contributed by atoms with van der Waals surface area (Å²) in [7, 11) is 0. The molecule has 4 heteroatoms. The van der Waals surface area contributed by atoms with Crippen LogP contribution < -0.4 is 0 Å². The van der Waals surface area contributed by atoms with E-state index in [0.717, 1.165) is 32.7 Å². The molecule has 0 spiro atoms. The smallest absolute Gasteiger partial charge is 0.323 e. The van der Waals surface area contributed by atoms with Crippen LogP contribution in [0.5, 0.6) is 0 Å². The predicted molar refractivity (Wildman–Crippen MR) is 59.8 cm³/mol. The third-order valence-corrected chi connectivity index (χ3v) is 3.03. The Morgan fingerprint density at radius 2 is 1.87 bits per heavy atom. The summed E-state index contributed by atoms with van der Waals surface area (Å²) in [5.74, 6) is -0.0950. The van der Waals surface area contributed by atoms with E-state index in [4.69, 9.17) is 4.74 Å². The minimum absolute atomic E-state index is 0.0936. The van der Waals surface area contributed by atoms with Gasteiger partial charge in [-0.25, -0.2) is 0 Å². The quantitative estimate of drug-likeness (QED) is 0.641. The molecule has 4 nitrogen and oxygen atoms in total. The molecule has 0 N–H and O–H groups in total. The van der Waals surface area contributed by atoms with E-state index in [1.54, 1.807) is 0 Å². The predicted octanol–water partition coefficient (Wildman–Crippen LogP) is 0.575.